The van der Waals surface area contributed by atoms with Gasteiger partial charge in [0.25, 0.3) is 0 Å². The van der Waals surface area contributed by atoms with E-state index in [1.807, 2.05) is 0 Å². The van der Waals surface area contributed by atoms with E-state index in [4.69, 9.17) is 11.5 Å². The van der Waals surface area contributed by atoms with E-state index < -0.39 is 24.0 Å². The van der Waals surface area contributed by atoms with Gasteiger partial charge in [0.15, 0.2) is 0 Å². The number of urea groups is 2. The topological polar surface area (TPSA) is 163 Å². The lowest BCUT2D eigenvalue weighted by Gasteiger charge is -2.03. The second kappa shape index (κ2) is 10.2. The molecule has 0 atom stereocenters. The summed E-state index contributed by atoms with van der Waals surface area (Å²) >= 11 is 0. The van der Waals surface area contributed by atoms with Gasteiger partial charge in [0, 0.05) is 12.2 Å². The fourth-order valence-electron chi connectivity index (χ4n) is 0.884. The number of carbonyl (C=O) groups excluding carboxylic acids is 4. The monoisotopic (exact) mass is 288 g/mol. The van der Waals surface area contributed by atoms with Crippen LogP contribution in [-0.2, 0) is 19.1 Å². The number of hydrogen-bond acceptors (Lipinski definition) is 6. The molecule has 0 aromatic heterocycles. The molecule has 0 aromatic rings. The predicted octanol–water partition coefficient (Wildman–Crippen LogP) is -2.03. The van der Waals surface area contributed by atoms with E-state index in [9.17, 15) is 19.2 Å². The SMILES string of the molecule is NC(=O)NCCOC(=O)/C=C/C(=O)OCCNC(N)=O. The lowest BCUT2D eigenvalue weighted by Crippen LogP contribution is -2.32. The Morgan fingerprint density at radius 3 is 1.45 bits per heavy atom. The maximum Gasteiger partial charge on any atom is 0.331 e. The summed E-state index contributed by atoms with van der Waals surface area (Å²) in [6.07, 6.45) is 1.74. The normalized spacial score (nSPS) is 9.80. The largest absolute Gasteiger partial charge is 0.461 e. The number of rotatable bonds is 8. The summed E-state index contributed by atoms with van der Waals surface area (Å²) in [5, 5.41) is 4.42. The number of hydrogen-bond donors (Lipinski definition) is 4. The van der Waals surface area contributed by atoms with Crippen molar-refractivity contribution in [3.8, 4) is 0 Å². The third-order valence-electron chi connectivity index (χ3n) is 1.65. The Morgan fingerprint density at radius 1 is 0.800 bits per heavy atom. The molecule has 10 nitrogen and oxygen atoms in total. The summed E-state index contributed by atoms with van der Waals surface area (Å²) in [6.45, 7) is -0.0241. The molecule has 112 valence electrons. The number of primary amides is 2. The van der Waals surface area contributed by atoms with Gasteiger partial charge in [-0.25, -0.2) is 19.2 Å². The number of amides is 4. The van der Waals surface area contributed by atoms with E-state index in [0.29, 0.717) is 0 Å². The molecule has 0 rings (SSSR count). The molecule has 6 N–H and O–H groups in total. The van der Waals surface area contributed by atoms with Crippen molar-refractivity contribution >= 4 is 24.0 Å². The quantitative estimate of drug-likeness (QED) is 0.228. The summed E-state index contributed by atoms with van der Waals surface area (Å²) in [4.78, 5) is 42.7. The average Bonchev–Trinajstić information content (AvgIpc) is 2.37. The van der Waals surface area contributed by atoms with Gasteiger partial charge in [0.05, 0.1) is 13.1 Å². The molecule has 0 fully saturated rings. The molecule has 10 heteroatoms. The van der Waals surface area contributed by atoms with Gasteiger partial charge in [-0.2, -0.15) is 0 Å². The zero-order valence-electron chi connectivity index (χ0n) is 10.6. The smallest absolute Gasteiger partial charge is 0.331 e. The predicted molar refractivity (Wildman–Crippen MR) is 66.2 cm³/mol. The first-order valence-electron chi connectivity index (χ1n) is 5.50. The Morgan fingerprint density at radius 2 is 1.15 bits per heavy atom. The summed E-state index contributed by atoms with van der Waals surface area (Å²) in [5.41, 5.74) is 9.57. The lowest BCUT2D eigenvalue weighted by molar-refractivity contribution is -0.140. The molecule has 0 unspecified atom stereocenters. The van der Waals surface area contributed by atoms with Crippen molar-refractivity contribution < 1.29 is 28.7 Å². The Bertz CT molecular complexity index is 359. The Balaban J connectivity index is 3.69. The van der Waals surface area contributed by atoms with Crippen molar-refractivity contribution in [2.24, 2.45) is 11.5 Å². The molecule has 0 radical (unpaired) electrons. The summed E-state index contributed by atoms with van der Waals surface area (Å²) in [6, 6.07) is -1.46. The van der Waals surface area contributed by atoms with E-state index in [0.717, 1.165) is 12.2 Å². The molecule has 0 saturated carbocycles. The molecule has 0 aliphatic carbocycles. The number of ether oxygens (including phenoxy) is 2. The number of carbonyl (C=O) groups is 4. The second-order valence-corrected chi connectivity index (χ2v) is 3.25. The van der Waals surface area contributed by atoms with Crippen LogP contribution in [-0.4, -0.2) is 50.3 Å². The molecule has 4 amide bonds. The van der Waals surface area contributed by atoms with Gasteiger partial charge in [-0.1, -0.05) is 0 Å². The Labute approximate surface area is 114 Å². The van der Waals surface area contributed by atoms with Gasteiger partial charge in [-0.05, 0) is 0 Å². The van der Waals surface area contributed by atoms with Crippen LogP contribution < -0.4 is 22.1 Å². The fraction of sp³-hybridized carbons (Fsp3) is 0.400. The molecule has 20 heavy (non-hydrogen) atoms. The maximum atomic E-state index is 11.1. The van der Waals surface area contributed by atoms with Crippen LogP contribution in [0.5, 0.6) is 0 Å². The number of nitrogens with two attached hydrogens (primary N) is 2. The molecular weight excluding hydrogens is 272 g/mol. The molecule has 0 aliphatic rings. The zero-order chi connectivity index (χ0) is 15.4. The maximum absolute atomic E-state index is 11.1. The number of esters is 2. The van der Waals surface area contributed by atoms with Gasteiger partial charge >= 0.3 is 24.0 Å². The third kappa shape index (κ3) is 11.7. The van der Waals surface area contributed by atoms with Crippen LogP contribution in [0.1, 0.15) is 0 Å². The lowest BCUT2D eigenvalue weighted by atomic mass is 10.5. The van der Waals surface area contributed by atoms with Gasteiger partial charge in [0.2, 0.25) is 0 Å². The van der Waals surface area contributed by atoms with Crippen LogP contribution in [0.15, 0.2) is 12.2 Å². The van der Waals surface area contributed by atoms with E-state index in [-0.39, 0.29) is 26.3 Å². The van der Waals surface area contributed by atoms with E-state index in [1.54, 1.807) is 0 Å². The molecular formula is C10H16N4O6. The minimum atomic E-state index is -0.775. The summed E-state index contributed by atoms with van der Waals surface area (Å²) in [7, 11) is 0. The molecule has 0 saturated heterocycles. The van der Waals surface area contributed by atoms with Gasteiger partial charge in [0.1, 0.15) is 13.2 Å². The highest BCUT2D eigenvalue weighted by Crippen LogP contribution is 1.85. The average molecular weight is 288 g/mol. The van der Waals surface area contributed by atoms with Crippen LogP contribution in [0, 0.1) is 0 Å². The van der Waals surface area contributed by atoms with Crippen molar-refractivity contribution in [2.75, 3.05) is 26.3 Å². The minimum Gasteiger partial charge on any atom is -0.461 e. The van der Waals surface area contributed by atoms with E-state index in [1.165, 1.54) is 0 Å². The molecule has 0 aromatic carbocycles. The fourth-order valence-corrected chi connectivity index (χ4v) is 0.884. The zero-order valence-corrected chi connectivity index (χ0v) is 10.6. The van der Waals surface area contributed by atoms with Crippen LogP contribution in [0.4, 0.5) is 9.59 Å². The van der Waals surface area contributed by atoms with Crippen LogP contribution in [0.25, 0.3) is 0 Å². The third-order valence-corrected chi connectivity index (χ3v) is 1.65. The van der Waals surface area contributed by atoms with E-state index in [2.05, 4.69) is 20.1 Å². The van der Waals surface area contributed by atoms with Crippen molar-refractivity contribution in [1.82, 2.24) is 10.6 Å². The molecule has 0 aliphatic heterocycles. The van der Waals surface area contributed by atoms with E-state index >= 15 is 0 Å². The van der Waals surface area contributed by atoms with Crippen molar-refractivity contribution in [2.45, 2.75) is 0 Å². The highest BCUT2D eigenvalue weighted by Gasteiger charge is 2.01. The van der Waals surface area contributed by atoms with Crippen LogP contribution in [0.3, 0.4) is 0 Å². The van der Waals surface area contributed by atoms with Crippen LogP contribution in [0.2, 0.25) is 0 Å². The van der Waals surface area contributed by atoms with Gasteiger partial charge in [-0.15, -0.1) is 0 Å². The van der Waals surface area contributed by atoms with Gasteiger partial charge < -0.3 is 31.6 Å². The van der Waals surface area contributed by atoms with Gasteiger partial charge in [-0.3, -0.25) is 0 Å². The van der Waals surface area contributed by atoms with Crippen molar-refractivity contribution in [1.29, 1.82) is 0 Å². The molecule has 0 bridgehead atoms. The highest BCUT2D eigenvalue weighted by molar-refractivity contribution is 5.91. The highest BCUT2D eigenvalue weighted by atomic mass is 16.5. The van der Waals surface area contributed by atoms with Crippen molar-refractivity contribution in [3.63, 3.8) is 0 Å². The Hall–Kier alpha value is -2.78. The first-order chi connectivity index (χ1) is 9.41. The summed E-state index contributed by atoms with van der Waals surface area (Å²) in [5.74, 6) is -1.55. The standard InChI is InChI=1S/C10H16N4O6/c11-9(17)13-3-5-19-7(15)1-2-8(16)20-6-4-14-10(12)18/h1-2H,3-6H2,(H3,11,13,17)(H3,12,14,18)/b2-1+. The molecule has 0 heterocycles. The first kappa shape index (κ1) is 17.2. The van der Waals surface area contributed by atoms with Crippen LogP contribution >= 0.6 is 0 Å². The second-order valence-electron chi connectivity index (χ2n) is 3.25. The Kier molecular flexibility index (Phi) is 8.76. The molecule has 0 spiro atoms. The first-order valence-corrected chi connectivity index (χ1v) is 5.50. The number of nitrogens with one attached hydrogen (secondary N) is 2. The summed E-state index contributed by atoms with van der Waals surface area (Å²) < 4.78 is 9.25. The minimum absolute atomic E-state index is 0.0676. The van der Waals surface area contributed by atoms with Crippen molar-refractivity contribution in [3.05, 3.63) is 12.2 Å².